The maximum atomic E-state index is 11.6. The number of amides is 1. The molecule has 2 atom stereocenters. The van der Waals surface area contributed by atoms with Gasteiger partial charge in [-0.3, -0.25) is 4.79 Å². The van der Waals surface area contributed by atoms with E-state index in [0.29, 0.717) is 18.4 Å². The van der Waals surface area contributed by atoms with E-state index in [-0.39, 0.29) is 18.3 Å². The first-order valence-corrected chi connectivity index (χ1v) is 5.92. The highest BCUT2D eigenvalue weighted by Crippen LogP contribution is 2.47. The fourth-order valence-corrected chi connectivity index (χ4v) is 2.61. The average molecular weight is 245 g/mol. The van der Waals surface area contributed by atoms with E-state index in [1.807, 2.05) is 0 Å². The summed E-state index contributed by atoms with van der Waals surface area (Å²) in [5.41, 5.74) is 0. The highest BCUT2D eigenvalue weighted by atomic mass is 35.5. The molecule has 0 aromatic heterocycles. The lowest BCUT2D eigenvalue weighted by atomic mass is 9.92. The summed E-state index contributed by atoms with van der Waals surface area (Å²) in [7, 11) is 0. The number of piperidine rings is 1. The molecule has 1 saturated heterocycles. The summed E-state index contributed by atoms with van der Waals surface area (Å²) in [6.07, 6.45) is 5.33. The van der Waals surface area contributed by atoms with Crippen molar-refractivity contribution in [2.75, 3.05) is 19.6 Å². The average Bonchev–Trinajstić information content (AvgIpc) is 3.07. The van der Waals surface area contributed by atoms with Crippen LogP contribution in [0.3, 0.4) is 0 Å². The van der Waals surface area contributed by atoms with Crippen molar-refractivity contribution in [1.29, 1.82) is 0 Å². The Bertz CT molecular complexity index is 251. The number of nitrogens with one attached hydrogen (secondary N) is 2. The molecule has 1 saturated carbocycles. The lowest BCUT2D eigenvalue weighted by Crippen LogP contribution is -2.31. The normalized spacial score (nSPS) is 29.0. The minimum Gasteiger partial charge on any atom is -0.352 e. The minimum absolute atomic E-state index is 0. The maximum Gasteiger partial charge on any atom is 0.223 e. The summed E-state index contributed by atoms with van der Waals surface area (Å²) in [5.74, 6) is 1.98. The molecule has 0 aromatic rings. The Hall–Kier alpha value is -0.540. The van der Waals surface area contributed by atoms with Gasteiger partial charge in [-0.1, -0.05) is 6.08 Å². The zero-order chi connectivity index (χ0) is 10.7. The van der Waals surface area contributed by atoms with Gasteiger partial charge < -0.3 is 10.6 Å². The Morgan fingerprint density at radius 3 is 2.75 bits per heavy atom. The van der Waals surface area contributed by atoms with E-state index in [1.54, 1.807) is 6.08 Å². The monoisotopic (exact) mass is 244 g/mol. The minimum atomic E-state index is 0. The lowest BCUT2D eigenvalue weighted by molar-refractivity contribution is -0.122. The molecule has 0 bridgehead atoms. The quantitative estimate of drug-likeness (QED) is 0.733. The summed E-state index contributed by atoms with van der Waals surface area (Å²) in [4.78, 5) is 11.6. The van der Waals surface area contributed by atoms with Crippen LogP contribution in [0.1, 0.15) is 19.3 Å². The Kier molecular flexibility index (Phi) is 5.29. The molecular formula is C12H21ClN2O. The zero-order valence-electron chi connectivity index (χ0n) is 9.58. The molecule has 1 aliphatic carbocycles. The second kappa shape index (κ2) is 6.26. The second-order valence-electron chi connectivity index (χ2n) is 4.63. The van der Waals surface area contributed by atoms with Gasteiger partial charge in [0.15, 0.2) is 0 Å². The molecule has 2 rings (SSSR count). The van der Waals surface area contributed by atoms with E-state index >= 15 is 0 Å². The standard InChI is InChI=1S/C12H20N2O.ClH/c1-2-5-14-12(15)11-8-10(11)9-3-6-13-7-4-9;/h2,9-11,13H,1,3-8H2,(H,14,15);1H/t10-,11+;/m0./s1. The molecule has 16 heavy (non-hydrogen) atoms. The van der Waals surface area contributed by atoms with Gasteiger partial charge in [0.2, 0.25) is 5.91 Å². The number of hydrogen-bond donors (Lipinski definition) is 2. The summed E-state index contributed by atoms with van der Waals surface area (Å²) in [5, 5.41) is 6.25. The van der Waals surface area contributed by atoms with E-state index < -0.39 is 0 Å². The van der Waals surface area contributed by atoms with E-state index in [9.17, 15) is 4.79 Å². The molecule has 3 nitrogen and oxygen atoms in total. The lowest BCUT2D eigenvalue weighted by Gasteiger charge is -2.22. The van der Waals surface area contributed by atoms with Crippen molar-refractivity contribution in [1.82, 2.24) is 10.6 Å². The van der Waals surface area contributed by atoms with Crippen molar-refractivity contribution in [2.24, 2.45) is 17.8 Å². The highest BCUT2D eigenvalue weighted by Gasteiger charge is 2.47. The van der Waals surface area contributed by atoms with Crippen LogP contribution in [-0.4, -0.2) is 25.5 Å². The van der Waals surface area contributed by atoms with Crippen LogP contribution < -0.4 is 10.6 Å². The number of rotatable bonds is 4. The van der Waals surface area contributed by atoms with Crippen LogP contribution in [0.15, 0.2) is 12.7 Å². The fourth-order valence-electron chi connectivity index (χ4n) is 2.61. The Morgan fingerprint density at radius 2 is 2.12 bits per heavy atom. The summed E-state index contributed by atoms with van der Waals surface area (Å²) in [6, 6.07) is 0. The molecule has 2 N–H and O–H groups in total. The Labute approximate surface area is 103 Å². The molecule has 0 spiro atoms. The summed E-state index contributed by atoms with van der Waals surface area (Å²) >= 11 is 0. The first kappa shape index (κ1) is 13.5. The molecule has 0 aromatic carbocycles. The van der Waals surface area contributed by atoms with Crippen LogP contribution >= 0.6 is 12.4 Å². The molecule has 1 aliphatic heterocycles. The third kappa shape index (κ3) is 3.22. The van der Waals surface area contributed by atoms with Crippen molar-refractivity contribution < 1.29 is 4.79 Å². The molecule has 0 radical (unpaired) electrons. The van der Waals surface area contributed by atoms with Crippen LogP contribution in [0.25, 0.3) is 0 Å². The molecule has 1 heterocycles. The molecule has 2 fully saturated rings. The first-order valence-electron chi connectivity index (χ1n) is 5.92. The van der Waals surface area contributed by atoms with E-state index in [4.69, 9.17) is 0 Å². The van der Waals surface area contributed by atoms with Crippen LogP contribution in [0.5, 0.6) is 0 Å². The van der Waals surface area contributed by atoms with Crippen molar-refractivity contribution in [3.63, 3.8) is 0 Å². The molecule has 2 aliphatic rings. The topological polar surface area (TPSA) is 41.1 Å². The molecule has 92 valence electrons. The van der Waals surface area contributed by atoms with Gasteiger partial charge in [0.25, 0.3) is 0 Å². The Balaban J connectivity index is 0.00000128. The van der Waals surface area contributed by atoms with Crippen LogP contribution in [0, 0.1) is 17.8 Å². The zero-order valence-corrected chi connectivity index (χ0v) is 10.4. The van der Waals surface area contributed by atoms with Gasteiger partial charge in [0.1, 0.15) is 0 Å². The van der Waals surface area contributed by atoms with Crippen LogP contribution in [0.4, 0.5) is 0 Å². The second-order valence-corrected chi connectivity index (χ2v) is 4.63. The number of hydrogen-bond acceptors (Lipinski definition) is 2. The van der Waals surface area contributed by atoms with Crippen LogP contribution in [0.2, 0.25) is 0 Å². The SMILES string of the molecule is C=CCNC(=O)[C@@H]1C[C@H]1C1CCNCC1.Cl. The molecule has 1 amide bonds. The maximum absolute atomic E-state index is 11.6. The van der Waals surface area contributed by atoms with Gasteiger partial charge in [-0.2, -0.15) is 0 Å². The van der Waals surface area contributed by atoms with Gasteiger partial charge >= 0.3 is 0 Å². The van der Waals surface area contributed by atoms with Gasteiger partial charge in [-0.15, -0.1) is 19.0 Å². The Morgan fingerprint density at radius 1 is 1.44 bits per heavy atom. The summed E-state index contributed by atoms with van der Waals surface area (Å²) in [6.45, 7) is 6.46. The predicted octanol–water partition coefficient (Wildman–Crippen LogP) is 1.35. The number of halogens is 1. The van der Waals surface area contributed by atoms with Gasteiger partial charge in [-0.05, 0) is 44.2 Å². The molecule has 4 heteroatoms. The fraction of sp³-hybridized carbons (Fsp3) is 0.750. The van der Waals surface area contributed by atoms with Gasteiger partial charge in [0, 0.05) is 12.5 Å². The summed E-state index contributed by atoms with van der Waals surface area (Å²) < 4.78 is 0. The largest absolute Gasteiger partial charge is 0.352 e. The van der Waals surface area contributed by atoms with Crippen molar-refractivity contribution >= 4 is 18.3 Å². The first-order chi connectivity index (χ1) is 7.33. The molecular weight excluding hydrogens is 224 g/mol. The van der Waals surface area contributed by atoms with E-state index in [0.717, 1.165) is 25.4 Å². The number of carbonyl (C=O) groups is 1. The third-order valence-corrected chi connectivity index (χ3v) is 3.59. The number of carbonyl (C=O) groups excluding carboxylic acids is 1. The van der Waals surface area contributed by atoms with Crippen molar-refractivity contribution in [2.45, 2.75) is 19.3 Å². The third-order valence-electron chi connectivity index (χ3n) is 3.59. The highest BCUT2D eigenvalue weighted by molar-refractivity contribution is 5.85. The van der Waals surface area contributed by atoms with E-state index in [1.165, 1.54) is 12.8 Å². The smallest absolute Gasteiger partial charge is 0.223 e. The van der Waals surface area contributed by atoms with E-state index in [2.05, 4.69) is 17.2 Å². The molecule has 0 unspecified atom stereocenters. The van der Waals surface area contributed by atoms with Gasteiger partial charge in [0.05, 0.1) is 0 Å². The van der Waals surface area contributed by atoms with Crippen LogP contribution in [-0.2, 0) is 4.79 Å². The van der Waals surface area contributed by atoms with Crippen molar-refractivity contribution in [3.8, 4) is 0 Å². The predicted molar refractivity (Wildman–Crippen MR) is 67.6 cm³/mol. The van der Waals surface area contributed by atoms with Crippen molar-refractivity contribution in [3.05, 3.63) is 12.7 Å². The van der Waals surface area contributed by atoms with Gasteiger partial charge in [-0.25, -0.2) is 0 Å².